The first kappa shape index (κ1) is 34.3. The SMILES string of the molecule is C[Si](C)(C)O[Si](C)(C)O[Si](C)(C)CCCOCCOCCOCCOCCOCCOCCO. The van der Waals surface area contributed by atoms with Crippen molar-refractivity contribution >= 4 is 25.2 Å². The van der Waals surface area contributed by atoms with Gasteiger partial charge in [0.1, 0.15) is 0 Å². The molecule has 9 nitrogen and oxygen atoms in total. The van der Waals surface area contributed by atoms with E-state index in [1.165, 1.54) is 0 Å². The lowest BCUT2D eigenvalue weighted by Gasteiger charge is -2.37. The van der Waals surface area contributed by atoms with Crippen LogP contribution in [-0.2, 0) is 36.7 Å². The summed E-state index contributed by atoms with van der Waals surface area (Å²) in [6, 6.07) is 1.07. The number of hydrogen-bond donors (Lipinski definition) is 1. The van der Waals surface area contributed by atoms with E-state index in [-0.39, 0.29) is 6.61 Å². The van der Waals surface area contributed by atoms with Crippen LogP contribution >= 0.6 is 0 Å². The Bertz CT molecular complexity index is 463. The first-order chi connectivity index (χ1) is 16.0. The van der Waals surface area contributed by atoms with Gasteiger partial charge in [-0.2, -0.15) is 0 Å². The fraction of sp³-hybridized carbons (Fsp3) is 1.00. The van der Waals surface area contributed by atoms with Crippen molar-refractivity contribution in [1.82, 2.24) is 0 Å². The third-order valence-electron chi connectivity index (χ3n) is 4.24. The van der Waals surface area contributed by atoms with E-state index in [1.54, 1.807) is 0 Å². The molecule has 0 spiro atoms. The van der Waals surface area contributed by atoms with Crippen molar-refractivity contribution in [1.29, 1.82) is 0 Å². The van der Waals surface area contributed by atoms with Crippen molar-refractivity contribution in [3.8, 4) is 0 Å². The Morgan fingerprint density at radius 3 is 1.18 bits per heavy atom. The largest absolute Gasteiger partial charge is 0.437 e. The van der Waals surface area contributed by atoms with Crippen LogP contribution in [0.1, 0.15) is 6.42 Å². The van der Waals surface area contributed by atoms with Gasteiger partial charge in [-0.3, -0.25) is 0 Å². The lowest BCUT2D eigenvalue weighted by atomic mass is 10.5. The minimum absolute atomic E-state index is 0.0353. The van der Waals surface area contributed by atoms with Crippen molar-refractivity contribution in [3.63, 3.8) is 0 Å². The normalized spacial score (nSPS) is 13.1. The molecular formula is C22H52O9Si3. The molecule has 0 amide bonds. The number of aliphatic hydroxyl groups is 1. The van der Waals surface area contributed by atoms with E-state index in [9.17, 15) is 0 Å². The molecule has 0 heterocycles. The highest BCUT2D eigenvalue weighted by molar-refractivity contribution is 6.87. The highest BCUT2D eigenvalue weighted by atomic mass is 28.5. The maximum atomic E-state index is 8.57. The molecule has 0 aliphatic heterocycles. The molecule has 206 valence electrons. The molecule has 0 radical (unpaired) electrons. The van der Waals surface area contributed by atoms with Crippen LogP contribution < -0.4 is 0 Å². The smallest absolute Gasteiger partial charge is 0.311 e. The first-order valence-electron chi connectivity index (χ1n) is 12.5. The summed E-state index contributed by atoms with van der Waals surface area (Å²) in [6.45, 7) is 22.0. The summed E-state index contributed by atoms with van der Waals surface area (Å²) in [4.78, 5) is 0. The fourth-order valence-electron chi connectivity index (χ4n) is 3.34. The first-order valence-corrected chi connectivity index (χ1v) is 21.8. The fourth-order valence-corrected chi connectivity index (χ4v) is 16.5. The van der Waals surface area contributed by atoms with Crippen molar-refractivity contribution in [3.05, 3.63) is 0 Å². The Balaban J connectivity index is 3.42. The van der Waals surface area contributed by atoms with Gasteiger partial charge in [0.2, 0.25) is 0 Å². The highest BCUT2D eigenvalue weighted by Gasteiger charge is 2.37. The van der Waals surface area contributed by atoms with Crippen molar-refractivity contribution in [2.75, 3.05) is 85.9 Å². The highest BCUT2D eigenvalue weighted by Crippen LogP contribution is 2.23. The number of hydrogen-bond acceptors (Lipinski definition) is 9. The second-order valence-corrected chi connectivity index (χ2v) is 22.7. The van der Waals surface area contributed by atoms with Gasteiger partial charge in [-0.15, -0.1) is 0 Å². The molecule has 0 fully saturated rings. The summed E-state index contributed by atoms with van der Waals surface area (Å²) in [5.41, 5.74) is 0. The van der Waals surface area contributed by atoms with Gasteiger partial charge in [-0.25, -0.2) is 0 Å². The van der Waals surface area contributed by atoms with Gasteiger partial charge in [0.15, 0.2) is 16.6 Å². The Kier molecular flexibility index (Phi) is 20.5. The predicted molar refractivity (Wildman–Crippen MR) is 142 cm³/mol. The summed E-state index contributed by atoms with van der Waals surface area (Å²) in [6.07, 6.45) is 1.00. The molecule has 0 aromatic carbocycles. The van der Waals surface area contributed by atoms with E-state index < -0.39 is 25.2 Å². The Morgan fingerprint density at radius 2 is 0.824 bits per heavy atom. The molecule has 1 N–H and O–H groups in total. The maximum Gasteiger partial charge on any atom is 0.311 e. The molecule has 0 aromatic heterocycles. The molecule has 0 aromatic rings. The molecule has 12 heteroatoms. The zero-order chi connectivity index (χ0) is 25.8. The number of aliphatic hydroxyl groups excluding tert-OH is 1. The summed E-state index contributed by atoms with van der Waals surface area (Å²) in [5.74, 6) is 0. The minimum Gasteiger partial charge on any atom is -0.437 e. The van der Waals surface area contributed by atoms with Crippen molar-refractivity contribution in [2.45, 2.75) is 58.3 Å². The molecule has 0 rings (SSSR count). The van der Waals surface area contributed by atoms with Gasteiger partial charge in [0.05, 0.1) is 79.3 Å². The van der Waals surface area contributed by atoms with E-state index in [1.807, 2.05) is 0 Å². The molecule has 0 aliphatic rings. The second kappa shape index (κ2) is 20.4. The zero-order valence-electron chi connectivity index (χ0n) is 22.8. The average Bonchev–Trinajstić information content (AvgIpc) is 2.69. The Morgan fingerprint density at radius 1 is 0.471 bits per heavy atom. The van der Waals surface area contributed by atoms with E-state index in [4.69, 9.17) is 41.8 Å². The zero-order valence-corrected chi connectivity index (χ0v) is 25.8. The van der Waals surface area contributed by atoms with Crippen LogP contribution in [0.4, 0.5) is 0 Å². The van der Waals surface area contributed by atoms with Crippen LogP contribution in [0.2, 0.25) is 51.9 Å². The minimum atomic E-state index is -2.06. The summed E-state index contributed by atoms with van der Waals surface area (Å²) >= 11 is 0. The molecule has 0 saturated heterocycles. The van der Waals surface area contributed by atoms with E-state index in [2.05, 4.69) is 45.8 Å². The molecular weight excluding hydrogens is 492 g/mol. The van der Waals surface area contributed by atoms with Gasteiger partial charge in [-0.1, -0.05) is 0 Å². The topological polar surface area (TPSA) is 94.1 Å². The Hall–Kier alpha value is 0.291. The maximum absolute atomic E-state index is 8.57. The third kappa shape index (κ3) is 25.4. The van der Waals surface area contributed by atoms with E-state index >= 15 is 0 Å². The third-order valence-corrected chi connectivity index (χ3v) is 14.4. The van der Waals surface area contributed by atoms with Gasteiger partial charge in [0.25, 0.3) is 0 Å². The van der Waals surface area contributed by atoms with Gasteiger partial charge in [0, 0.05) is 6.61 Å². The second-order valence-electron chi connectivity index (χ2n) is 9.98. The van der Waals surface area contributed by atoms with Crippen molar-refractivity contribution < 1.29 is 41.8 Å². The number of ether oxygens (including phenoxy) is 6. The van der Waals surface area contributed by atoms with Gasteiger partial charge >= 0.3 is 8.56 Å². The molecule has 0 saturated carbocycles. The van der Waals surface area contributed by atoms with Crippen LogP contribution in [-0.4, -0.2) is 116 Å². The van der Waals surface area contributed by atoms with Crippen LogP contribution in [0.5, 0.6) is 0 Å². The average molecular weight is 545 g/mol. The quantitative estimate of drug-likeness (QED) is 0.137. The standard InChI is InChI=1S/C22H52O9Si3/c1-32(2,3)30-34(6,7)31-33(4,5)22-8-10-24-12-14-26-16-18-28-20-21-29-19-17-27-15-13-25-11-9-23/h23H,8-22H2,1-7H3. The van der Waals surface area contributed by atoms with Gasteiger partial charge in [-0.05, 0) is 58.3 Å². The molecule has 0 aliphatic carbocycles. The molecule has 34 heavy (non-hydrogen) atoms. The summed E-state index contributed by atoms with van der Waals surface area (Å²) in [5, 5.41) is 8.57. The number of rotatable bonds is 25. The van der Waals surface area contributed by atoms with Crippen LogP contribution in [0.15, 0.2) is 0 Å². The Labute approximate surface area is 211 Å². The molecule has 0 unspecified atom stereocenters. The summed E-state index contributed by atoms with van der Waals surface area (Å²) in [7, 11) is -5.40. The lowest BCUT2D eigenvalue weighted by molar-refractivity contribution is -0.0181. The van der Waals surface area contributed by atoms with E-state index in [0.717, 1.165) is 19.1 Å². The van der Waals surface area contributed by atoms with Crippen LogP contribution in [0.25, 0.3) is 0 Å². The molecule has 0 bridgehead atoms. The lowest BCUT2D eigenvalue weighted by Crippen LogP contribution is -2.51. The monoisotopic (exact) mass is 544 g/mol. The van der Waals surface area contributed by atoms with Gasteiger partial charge < -0.3 is 41.8 Å². The van der Waals surface area contributed by atoms with Crippen LogP contribution in [0.3, 0.4) is 0 Å². The van der Waals surface area contributed by atoms with Crippen LogP contribution in [0, 0.1) is 0 Å². The molecule has 0 atom stereocenters. The summed E-state index contributed by atoms with van der Waals surface area (Å²) < 4.78 is 45.4. The predicted octanol–water partition coefficient (Wildman–Crippen LogP) is 3.24. The van der Waals surface area contributed by atoms with Crippen molar-refractivity contribution in [2.24, 2.45) is 0 Å². The van der Waals surface area contributed by atoms with E-state index in [0.29, 0.717) is 72.7 Å².